The number of carbonyl (C=O) groups is 1. The molecule has 11 heavy (non-hydrogen) atoms. The van der Waals surface area contributed by atoms with E-state index in [2.05, 4.69) is 12.2 Å². The molecule has 0 bridgehead atoms. The molecule has 2 rings (SSSR count). The van der Waals surface area contributed by atoms with Crippen LogP contribution in [0.2, 0.25) is 0 Å². The molecule has 1 saturated carbocycles. The van der Waals surface area contributed by atoms with Gasteiger partial charge in [0.05, 0.1) is 0 Å². The highest BCUT2D eigenvalue weighted by Crippen LogP contribution is 2.35. The van der Waals surface area contributed by atoms with Gasteiger partial charge in [-0.2, -0.15) is 0 Å². The fourth-order valence-corrected chi connectivity index (χ4v) is 2.26. The molecule has 60 valence electrons. The molecule has 0 saturated heterocycles. The van der Waals surface area contributed by atoms with Crippen molar-refractivity contribution in [3.05, 3.63) is 12.2 Å². The van der Waals surface area contributed by atoms with Crippen LogP contribution >= 0.6 is 0 Å². The Morgan fingerprint density at radius 2 is 2.27 bits per heavy atom. The number of rotatable bonds is 0. The third-order valence-electron chi connectivity index (χ3n) is 2.95. The predicted octanol–water partition coefficient (Wildman–Crippen LogP) is 2.32. The molecule has 0 heterocycles. The van der Waals surface area contributed by atoms with Crippen LogP contribution in [-0.4, -0.2) is 5.78 Å². The van der Waals surface area contributed by atoms with Crippen molar-refractivity contribution in [2.24, 2.45) is 11.8 Å². The summed E-state index contributed by atoms with van der Waals surface area (Å²) in [6.07, 6.45) is 9.85. The highest BCUT2D eigenvalue weighted by molar-refractivity contribution is 5.79. The summed E-state index contributed by atoms with van der Waals surface area (Å²) >= 11 is 0. The van der Waals surface area contributed by atoms with Gasteiger partial charge >= 0.3 is 0 Å². The van der Waals surface area contributed by atoms with Crippen LogP contribution in [0.4, 0.5) is 0 Å². The smallest absolute Gasteiger partial charge is 0.133 e. The summed E-state index contributed by atoms with van der Waals surface area (Å²) in [4.78, 5) is 11.1. The average molecular weight is 150 g/mol. The van der Waals surface area contributed by atoms with Gasteiger partial charge in [0.2, 0.25) is 0 Å². The van der Waals surface area contributed by atoms with E-state index in [0.29, 0.717) is 11.7 Å². The van der Waals surface area contributed by atoms with Gasteiger partial charge in [-0.25, -0.2) is 0 Å². The third-order valence-corrected chi connectivity index (χ3v) is 2.95. The molecule has 0 aromatic rings. The number of carbonyl (C=O) groups excluding carboxylic acids is 1. The number of hydrogen-bond acceptors (Lipinski definition) is 1. The van der Waals surface area contributed by atoms with Crippen LogP contribution in [0.1, 0.15) is 32.1 Å². The minimum absolute atomic E-state index is 0.470. The second-order valence-corrected chi connectivity index (χ2v) is 3.71. The van der Waals surface area contributed by atoms with E-state index in [-0.39, 0.29) is 0 Å². The number of hydrogen-bond donors (Lipinski definition) is 0. The minimum atomic E-state index is 0.470. The van der Waals surface area contributed by atoms with E-state index < -0.39 is 0 Å². The molecule has 0 aromatic heterocycles. The summed E-state index contributed by atoms with van der Waals surface area (Å²) in [5, 5.41) is 0. The first-order chi connectivity index (χ1) is 5.36. The molecule has 0 aliphatic heterocycles. The highest BCUT2D eigenvalue weighted by atomic mass is 16.1. The Morgan fingerprint density at radius 3 is 3.18 bits per heavy atom. The first-order valence-electron chi connectivity index (χ1n) is 4.54. The first kappa shape index (κ1) is 7.08. The van der Waals surface area contributed by atoms with E-state index in [1.165, 1.54) is 12.8 Å². The largest absolute Gasteiger partial charge is 0.300 e. The maximum atomic E-state index is 11.1. The molecule has 1 nitrogen and oxygen atoms in total. The van der Waals surface area contributed by atoms with Gasteiger partial charge in [0.15, 0.2) is 0 Å². The number of ketones is 1. The summed E-state index contributed by atoms with van der Waals surface area (Å²) in [5.74, 6) is 1.90. The van der Waals surface area contributed by atoms with Crippen LogP contribution in [0.3, 0.4) is 0 Å². The summed E-state index contributed by atoms with van der Waals surface area (Å²) in [6.45, 7) is 0. The van der Waals surface area contributed by atoms with Gasteiger partial charge in [0, 0.05) is 12.8 Å². The van der Waals surface area contributed by atoms with Gasteiger partial charge in [0.1, 0.15) is 5.78 Å². The van der Waals surface area contributed by atoms with Crippen LogP contribution in [0.15, 0.2) is 12.2 Å². The van der Waals surface area contributed by atoms with Gasteiger partial charge in [-0.15, -0.1) is 0 Å². The number of Topliss-reactive ketones (excluding diaryl/α,β-unsaturated/α-hetero) is 1. The van der Waals surface area contributed by atoms with Gasteiger partial charge in [-0.1, -0.05) is 12.2 Å². The molecule has 1 fully saturated rings. The molecule has 0 N–H and O–H groups in total. The van der Waals surface area contributed by atoms with Crippen molar-refractivity contribution in [1.29, 1.82) is 0 Å². The van der Waals surface area contributed by atoms with Crippen LogP contribution in [0.5, 0.6) is 0 Å². The van der Waals surface area contributed by atoms with E-state index in [4.69, 9.17) is 0 Å². The van der Waals surface area contributed by atoms with E-state index >= 15 is 0 Å². The summed E-state index contributed by atoms with van der Waals surface area (Å²) < 4.78 is 0. The normalized spacial score (nSPS) is 36.9. The molecular weight excluding hydrogens is 136 g/mol. The minimum Gasteiger partial charge on any atom is -0.300 e. The van der Waals surface area contributed by atoms with Crippen molar-refractivity contribution >= 4 is 5.78 Å². The Kier molecular flexibility index (Phi) is 1.80. The molecule has 0 spiro atoms. The van der Waals surface area contributed by atoms with Gasteiger partial charge in [0.25, 0.3) is 0 Å². The van der Waals surface area contributed by atoms with E-state index in [1.807, 2.05) is 0 Å². The lowest BCUT2D eigenvalue weighted by molar-refractivity contribution is -0.122. The van der Waals surface area contributed by atoms with Crippen molar-refractivity contribution in [1.82, 2.24) is 0 Å². The predicted molar refractivity (Wildman–Crippen MR) is 44.2 cm³/mol. The van der Waals surface area contributed by atoms with Crippen LogP contribution in [0, 0.1) is 11.8 Å². The Balaban J connectivity index is 2.08. The lowest BCUT2D eigenvalue weighted by atomic mass is 9.74. The molecule has 2 aliphatic carbocycles. The Hall–Kier alpha value is -0.590. The number of allylic oxidation sites excluding steroid dienone is 2. The average Bonchev–Trinajstić information content (AvgIpc) is 2.04. The monoisotopic (exact) mass is 150 g/mol. The topological polar surface area (TPSA) is 17.1 Å². The standard InChI is InChI=1S/C10H14O/c11-10-6-5-8-3-1-2-4-9(8)7-10/h2,4,8-9H,1,3,5-7H2. The first-order valence-corrected chi connectivity index (χ1v) is 4.54. The fourth-order valence-electron chi connectivity index (χ4n) is 2.26. The third kappa shape index (κ3) is 1.37. The van der Waals surface area contributed by atoms with Crippen LogP contribution in [0.25, 0.3) is 0 Å². The fraction of sp³-hybridized carbons (Fsp3) is 0.700. The SMILES string of the molecule is O=C1CCC2CCC=CC2C1. The second kappa shape index (κ2) is 2.80. The van der Waals surface area contributed by atoms with Crippen molar-refractivity contribution in [2.45, 2.75) is 32.1 Å². The molecule has 0 aromatic carbocycles. The highest BCUT2D eigenvalue weighted by Gasteiger charge is 2.28. The van der Waals surface area contributed by atoms with Gasteiger partial charge in [-0.05, 0) is 31.1 Å². The molecular formula is C10H14O. The van der Waals surface area contributed by atoms with Crippen molar-refractivity contribution in [3.8, 4) is 0 Å². The molecule has 1 heteroatoms. The zero-order chi connectivity index (χ0) is 7.68. The quantitative estimate of drug-likeness (QED) is 0.484. The van der Waals surface area contributed by atoms with Crippen molar-refractivity contribution in [2.75, 3.05) is 0 Å². The zero-order valence-corrected chi connectivity index (χ0v) is 6.75. The van der Waals surface area contributed by atoms with E-state index in [9.17, 15) is 4.79 Å². The maximum Gasteiger partial charge on any atom is 0.133 e. The van der Waals surface area contributed by atoms with Crippen LogP contribution < -0.4 is 0 Å². The lowest BCUT2D eigenvalue weighted by Gasteiger charge is -2.30. The van der Waals surface area contributed by atoms with E-state index in [1.54, 1.807) is 0 Å². The second-order valence-electron chi connectivity index (χ2n) is 3.71. The number of fused-ring (bicyclic) bond motifs is 1. The zero-order valence-electron chi connectivity index (χ0n) is 6.75. The maximum absolute atomic E-state index is 11.1. The van der Waals surface area contributed by atoms with Gasteiger partial charge in [-0.3, -0.25) is 4.79 Å². The molecule has 2 aliphatic rings. The summed E-state index contributed by atoms with van der Waals surface area (Å²) in [6, 6.07) is 0. The Morgan fingerprint density at radius 1 is 1.36 bits per heavy atom. The van der Waals surface area contributed by atoms with Gasteiger partial charge < -0.3 is 0 Å². The summed E-state index contributed by atoms with van der Waals surface area (Å²) in [5.41, 5.74) is 0. The molecule has 0 radical (unpaired) electrons. The molecule has 0 amide bonds. The lowest BCUT2D eigenvalue weighted by Crippen LogP contribution is -2.25. The molecule has 2 unspecified atom stereocenters. The molecule has 2 atom stereocenters. The Bertz CT molecular complexity index is 193. The van der Waals surface area contributed by atoms with Crippen molar-refractivity contribution in [3.63, 3.8) is 0 Å². The van der Waals surface area contributed by atoms with Crippen LogP contribution in [-0.2, 0) is 4.79 Å². The Labute approximate surface area is 67.5 Å². The van der Waals surface area contributed by atoms with E-state index in [0.717, 1.165) is 25.2 Å². The van der Waals surface area contributed by atoms with Crippen molar-refractivity contribution < 1.29 is 4.79 Å². The summed E-state index contributed by atoms with van der Waals surface area (Å²) in [7, 11) is 0.